The number of carboxylic acids is 1. The van der Waals surface area contributed by atoms with Crippen LogP contribution in [0.25, 0.3) is 11.3 Å². The Bertz CT molecular complexity index is 1330. The number of aromatic amines is 1. The highest BCUT2D eigenvalue weighted by atomic mass is 19.1. The Kier molecular flexibility index (Phi) is 6.02. The number of H-pyrrole nitrogens is 1. The minimum absolute atomic E-state index is 0.00920. The van der Waals surface area contributed by atoms with Gasteiger partial charge in [-0.1, -0.05) is 19.1 Å². The van der Waals surface area contributed by atoms with Crippen LogP contribution in [0.1, 0.15) is 46.4 Å². The van der Waals surface area contributed by atoms with E-state index in [2.05, 4.69) is 10.2 Å². The van der Waals surface area contributed by atoms with Crippen molar-refractivity contribution in [3.8, 4) is 11.3 Å². The second kappa shape index (κ2) is 8.93. The molecule has 1 aliphatic rings. The predicted octanol–water partition coefficient (Wildman–Crippen LogP) is 3.67. The van der Waals surface area contributed by atoms with Crippen LogP contribution in [0.5, 0.6) is 0 Å². The highest BCUT2D eigenvalue weighted by Gasteiger charge is 2.34. The fourth-order valence-electron chi connectivity index (χ4n) is 4.13. The Morgan fingerprint density at radius 2 is 1.94 bits per heavy atom. The first-order chi connectivity index (χ1) is 16.2. The summed E-state index contributed by atoms with van der Waals surface area (Å²) in [6.07, 6.45) is 1.86. The van der Waals surface area contributed by atoms with E-state index in [-0.39, 0.29) is 23.5 Å². The van der Waals surface area contributed by atoms with Crippen LogP contribution in [0.4, 0.5) is 10.1 Å². The van der Waals surface area contributed by atoms with Crippen LogP contribution in [-0.2, 0) is 16.0 Å². The molecule has 0 unspecified atom stereocenters. The summed E-state index contributed by atoms with van der Waals surface area (Å²) in [5.41, 5.74) is 9.07. The zero-order valence-corrected chi connectivity index (χ0v) is 18.6. The summed E-state index contributed by atoms with van der Waals surface area (Å²) in [7, 11) is 0. The highest BCUT2D eigenvalue weighted by Crippen LogP contribution is 2.39. The molecule has 0 radical (unpaired) electrons. The maximum Gasteiger partial charge on any atom is 0.333 e. The van der Waals surface area contributed by atoms with Crippen LogP contribution >= 0.6 is 0 Å². The molecular weight excluding hydrogens is 439 g/mol. The summed E-state index contributed by atoms with van der Waals surface area (Å²) < 4.78 is 13.4. The van der Waals surface area contributed by atoms with Gasteiger partial charge in [0.05, 0.1) is 17.0 Å². The van der Waals surface area contributed by atoms with Crippen molar-refractivity contribution in [2.24, 2.45) is 5.73 Å². The number of aliphatic carboxylic acids is 1. The minimum Gasteiger partial charge on any atom is -0.478 e. The van der Waals surface area contributed by atoms with E-state index in [4.69, 9.17) is 5.73 Å². The van der Waals surface area contributed by atoms with Crippen molar-refractivity contribution < 1.29 is 23.9 Å². The molecule has 2 aromatic carbocycles. The Labute approximate surface area is 194 Å². The van der Waals surface area contributed by atoms with E-state index in [9.17, 15) is 23.9 Å². The van der Waals surface area contributed by atoms with Crippen LogP contribution in [0.2, 0.25) is 0 Å². The largest absolute Gasteiger partial charge is 0.478 e. The van der Waals surface area contributed by atoms with Crippen molar-refractivity contribution in [3.63, 3.8) is 0 Å². The SMILES string of the molecule is CCc1cc(-c2cc(C(N)=O)c(C)cc2N2C=C(C(=O)O)[C@H](c3ccc(F)cc3)CC2=O)n[nH]1. The van der Waals surface area contributed by atoms with Gasteiger partial charge in [-0.2, -0.15) is 5.10 Å². The molecule has 1 atom stereocenters. The first-order valence-electron chi connectivity index (χ1n) is 10.7. The number of nitrogens with two attached hydrogens (primary N) is 1. The molecule has 8 nitrogen and oxygen atoms in total. The van der Waals surface area contributed by atoms with Crippen LogP contribution < -0.4 is 10.6 Å². The number of hydrogen-bond acceptors (Lipinski definition) is 4. The number of hydrogen-bond donors (Lipinski definition) is 3. The Balaban J connectivity index is 1.88. The molecule has 0 aliphatic carbocycles. The van der Waals surface area contributed by atoms with Crippen LogP contribution in [0, 0.1) is 12.7 Å². The van der Waals surface area contributed by atoms with Gasteiger partial charge in [-0.3, -0.25) is 19.6 Å². The lowest BCUT2D eigenvalue weighted by Crippen LogP contribution is -2.34. The van der Waals surface area contributed by atoms with E-state index in [1.807, 2.05) is 6.92 Å². The van der Waals surface area contributed by atoms with Crippen molar-refractivity contribution in [2.75, 3.05) is 4.90 Å². The molecule has 1 aliphatic heterocycles. The summed E-state index contributed by atoms with van der Waals surface area (Å²) in [6, 6.07) is 10.4. The predicted molar refractivity (Wildman–Crippen MR) is 124 cm³/mol. The average molecular weight is 462 g/mol. The molecule has 34 heavy (non-hydrogen) atoms. The number of carbonyl (C=O) groups is 3. The number of nitrogens with zero attached hydrogens (tertiary/aromatic N) is 2. The van der Waals surface area contributed by atoms with E-state index >= 15 is 0 Å². The van der Waals surface area contributed by atoms with Gasteiger partial charge in [0.2, 0.25) is 11.8 Å². The van der Waals surface area contributed by atoms with Crippen molar-refractivity contribution >= 4 is 23.5 Å². The molecule has 174 valence electrons. The second-order valence-electron chi connectivity index (χ2n) is 8.14. The number of halogens is 1. The van der Waals surface area contributed by atoms with E-state index in [1.54, 1.807) is 25.1 Å². The summed E-state index contributed by atoms with van der Waals surface area (Å²) in [4.78, 5) is 38.7. The Morgan fingerprint density at radius 1 is 1.24 bits per heavy atom. The first kappa shape index (κ1) is 22.9. The summed E-state index contributed by atoms with van der Waals surface area (Å²) >= 11 is 0. The maximum absolute atomic E-state index is 13.4. The molecule has 0 spiro atoms. The van der Waals surface area contributed by atoms with Gasteiger partial charge in [-0.15, -0.1) is 0 Å². The van der Waals surface area contributed by atoms with E-state index in [1.165, 1.54) is 35.4 Å². The molecule has 4 rings (SSSR count). The summed E-state index contributed by atoms with van der Waals surface area (Å²) in [5.74, 6) is -3.34. The number of amides is 2. The fraction of sp³-hybridized carbons (Fsp3) is 0.200. The van der Waals surface area contributed by atoms with Crippen molar-refractivity contribution in [3.05, 3.63) is 82.4 Å². The molecule has 0 bridgehead atoms. The third-order valence-corrected chi connectivity index (χ3v) is 5.97. The number of rotatable bonds is 6. The lowest BCUT2D eigenvalue weighted by atomic mass is 9.85. The van der Waals surface area contributed by atoms with E-state index in [0.29, 0.717) is 34.5 Å². The molecule has 1 aromatic heterocycles. The topological polar surface area (TPSA) is 129 Å². The minimum atomic E-state index is -1.19. The third kappa shape index (κ3) is 4.19. The summed E-state index contributed by atoms with van der Waals surface area (Å²) in [6.45, 7) is 3.64. The summed E-state index contributed by atoms with van der Waals surface area (Å²) in [5, 5.41) is 17.1. The van der Waals surface area contributed by atoms with Crippen LogP contribution in [-0.4, -0.2) is 33.1 Å². The first-order valence-corrected chi connectivity index (χ1v) is 10.7. The van der Waals surface area contributed by atoms with Crippen molar-refractivity contribution in [2.45, 2.75) is 32.6 Å². The number of aromatic nitrogens is 2. The van der Waals surface area contributed by atoms with Crippen LogP contribution in [0.15, 0.2) is 54.2 Å². The molecule has 0 fully saturated rings. The number of anilines is 1. The van der Waals surface area contributed by atoms with Crippen molar-refractivity contribution in [1.29, 1.82) is 0 Å². The highest BCUT2D eigenvalue weighted by molar-refractivity contribution is 6.06. The Morgan fingerprint density at radius 3 is 2.53 bits per heavy atom. The molecule has 0 saturated heterocycles. The van der Waals surface area contributed by atoms with Gasteiger partial charge in [0.15, 0.2) is 0 Å². The Hall–Kier alpha value is -4.27. The molecular formula is C25H23FN4O4. The van der Waals surface area contributed by atoms with E-state index < -0.39 is 23.6 Å². The maximum atomic E-state index is 13.4. The molecule has 2 heterocycles. The molecule has 2 amide bonds. The van der Waals surface area contributed by atoms with Crippen LogP contribution in [0.3, 0.4) is 0 Å². The average Bonchev–Trinajstić information content (AvgIpc) is 3.28. The number of carboxylic acid groups (broad SMARTS) is 1. The lowest BCUT2D eigenvalue weighted by molar-refractivity contribution is -0.133. The smallest absolute Gasteiger partial charge is 0.333 e. The monoisotopic (exact) mass is 462 g/mol. The van der Waals surface area contributed by atoms with Gasteiger partial charge in [0.25, 0.3) is 0 Å². The quantitative estimate of drug-likeness (QED) is 0.515. The lowest BCUT2D eigenvalue weighted by Gasteiger charge is -2.31. The molecule has 0 saturated carbocycles. The van der Waals surface area contributed by atoms with Gasteiger partial charge < -0.3 is 10.8 Å². The van der Waals surface area contributed by atoms with Gasteiger partial charge in [0, 0.05) is 35.4 Å². The van der Waals surface area contributed by atoms with Gasteiger partial charge in [-0.05, 0) is 54.8 Å². The molecule has 3 aromatic rings. The molecule has 4 N–H and O–H groups in total. The van der Waals surface area contributed by atoms with Gasteiger partial charge >= 0.3 is 5.97 Å². The number of primary amides is 1. The zero-order valence-electron chi connectivity index (χ0n) is 18.6. The van der Waals surface area contributed by atoms with E-state index in [0.717, 1.165) is 5.69 Å². The normalized spacial score (nSPS) is 15.9. The number of nitrogens with one attached hydrogen (secondary N) is 1. The molecule has 9 heteroatoms. The third-order valence-electron chi connectivity index (χ3n) is 5.97. The number of aryl methyl sites for hydroxylation is 2. The fourth-order valence-corrected chi connectivity index (χ4v) is 4.13. The standard InChI is InChI=1S/C25H23FN4O4/c1-3-16-9-21(29-28-16)19-10-17(24(27)32)13(2)8-22(19)30-12-20(25(33)34)18(11-23(30)31)14-4-6-15(26)7-5-14/h4-10,12,18H,3,11H2,1-2H3,(H2,27,32)(H,28,29)(H,33,34)/t18-/m0/s1. The van der Waals surface area contributed by atoms with Gasteiger partial charge in [0.1, 0.15) is 5.82 Å². The number of carbonyl (C=O) groups excluding carboxylic acids is 2. The second-order valence-corrected chi connectivity index (χ2v) is 8.14. The number of benzene rings is 2. The van der Waals surface area contributed by atoms with Gasteiger partial charge in [-0.25, -0.2) is 9.18 Å². The zero-order chi connectivity index (χ0) is 24.6. The van der Waals surface area contributed by atoms with Crippen molar-refractivity contribution in [1.82, 2.24) is 10.2 Å².